The molecular formula is C24H19ClN2O3S. The van der Waals surface area contributed by atoms with Crippen molar-refractivity contribution in [2.24, 2.45) is 0 Å². The summed E-state index contributed by atoms with van der Waals surface area (Å²) in [5, 5.41) is 2.88. The zero-order valence-electron chi connectivity index (χ0n) is 16.5. The third kappa shape index (κ3) is 4.35. The zero-order chi connectivity index (χ0) is 22.0. The Morgan fingerprint density at radius 2 is 1.81 bits per heavy atom. The number of hydrogen-bond donors (Lipinski definition) is 1. The van der Waals surface area contributed by atoms with Crippen LogP contribution in [0, 0.1) is 12.3 Å². The molecule has 0 atom stereocenters. The Balaban J connectivity index is 1.61. The molecule has 0 bridgehead atoms. The number of terminal acetylenes is 1. The molecule has 31 heavy (non-hydrogen) atoms. The summed E-state index contributed by atoms with van der Waals surface area (Å²) in [6.07, 6.45) is 6.04. The van der Waals surface area contributed by atoms with Gasteiger partial charge in [-0.2, -0.15) is 4.31 Å². The number of amides is 1. The topological polar surface area (TPSA) is 66.5 Å². The van der Waals surface area contributed by atoms with Gasteiger partial charge in [0.2, 0.25) is 10.0 Å². The fourth-order valence-corrected chi connectivity index (χ4v) is 5.20. The Hall–Kier alpha value is -3.11. The third-order valence-electron chi connectivity index (χ3n) is 5.20. The number of carbonyl (C=O) groups excluding carboxylic acids is 1. The van der Waals surface area contributed by atoms with Gasteiger partial charge in [0.05, 0.1) is 15.5 Å². The van der Waals surface area contributed by atoms with Gasteiger partial charge >= 0.3 is 0 Å². The first-order valence-electron chi connectivity index (χ1n) is 9.63. The summed E-state index contributed by atoms with van der Waals surface area (Å²) in [6, 6.07) is 18.8. The standard InChI is InChI=1S/C24H19ClN2O3S/c1-2-17-6-5-9-20(14-17)26-24(28)22-15-21(10-11-23(22)25)31(29,30)27-13-12-18-7-3-4-8-19(18)16-27/h1,3-11,14-15H,12-13,16H2,(H,26,28). The Bertz CT molecular complexity index is 1310. The van der Waals surface area contributed by atoms with Gasteiger partial charge in [-0.1, -0.05) is 47.9 Å². The minimum Gasteiger partial charge on any atom is -0.322 e. The van der Waals surface area contributed by atoms with Gasteiger partial charge < -0.3 is 5.32 Å². The lowest BCUT2D eigenvalue weighted by molar-refractivity contribution is 0.102. The summed E-state index contributed by atoms with van der Waals surface area (Å²) in [6.45, 7) is 0.671. The molecule has 0 saturated carbocycles. The molecule has 1 aliphatic heterocycles. The van der Waals surface area contributed by atoms with E-state index in [1.807, 2.05) is 24.3 Å². The minimum absolute atomic E-state index is 0.0267. The van der Waals surface area contributed by atoms with E-state index in [0.29, 0.717) is 30.8 Å². The molecule has 7 heteroatoms. The van der Waals surface area contributed by atoms with Crippen LogP contribution < -0.4 is 5.32 Å². The zero-order valence-corrected chi connectivity index (χ0v) is 18.1. The fourth-order valence-electron chi connectivity index (χ4n) is 3.55. The maximum absolute atomic E-state index is 13.3. The Labute approximate surface area is 186 Å². The van der Waals surface area contributed by atoms with Crippen LogP contribution in [-0.4, -0.2) is 25.2 Å². The second-order valence-electron chi connectivity index (χ2n) is 7.18. The number of halogens is 1. The van der Waals surface area contributed by atoms with E-state index >= 15 is 0 Å². The molecule has 0 spiro atoms. The largest absolute Gasteiger partial charge is 0.322 e. The van der Waals surface area contributed by atoms with E-state index in [0.717, 1.165) is 11.1 Å². The highest BCUT2D eigenvalue weighted by atomic mass is 35.5. The first kappa shape index (κ1) is 21.1. The maximum atomic E-state index is 13.3. The van der Waals surface area contributed by atoms with Crippen LogP contribution in [0.2, 0.25) is 5.02 Å². The van der Waals surface area contributed by atoms with Crippen molar-refractivity contribution in [3.05, 3.63) is 94.0 Å². The molecule has 156 valence electrons. The van der Waals surface area contributed by atoms with Gasteiger partial charge in [0.25, 0.3) is 5.91 Å². The highest BCUT2D eigenvalue weighted by molar-refractivity contribution is 7.89. The second kappa shape index (κ2) is 8.56. The normalized spacial score (nSPS) is 13.8. The van der Waals surface area contributed by atoms with Gasteiger partial charge in [-0.15, -0.1) is 6.42 Å². The number of nitrogens with one attached hydrogen (secondary N) is 1. The number of anilines is 1. The van der Waals surface area contributed by atoms with Gasteiger partial charge in [0, 0.05) is 24.3 Å². The van der Waals surface area contributed by atoms with Gasteiger partial charge in [-0.3, -0.25) is 4.79 Å². The van der Waals surface area contributed by atoms with E-state index in [-0.39, 0.29) is 15.5 Å². The highest BCUT2D eigenvalue weighted by Crippen LogP contribution is 2.28. The molecule has 5 nitrogen and oxygen atoms in total. The van der Waals surface area contributed by atoms with Crippen LogP contribution in [0.3, 0.4) is 0 Å². The van der Waals surface area contributed by atoms with E-state index in [1.54, 1.807) is 24.3 Å². The van der Waals surface area contributed by atoms with Crippen LogP contribution in [0.4, 0.5) is 5.69 Å². The summed E-state index contributed by atoms with van der Waals surface area (Å²) in [7, 11) is -3.79. The molecule has 0 aromatic heterocycles. The van der Waals surface area contributed by atoms with E-state index in [9.17, 15) is 13.2 Å². The summed E-state index contributed by atoms with van der Waals surface area (Å²) < 4.78 is 27.9. The van der Waals surface area contributed by atoms with Crippen molar-refractivity contribution in [2.45, 2.75) is 17.9 Å². The summed E-state index contributed by atoms with van der Waals surface area (Å²) >= 11 is 6.22. The van der Waals surface area contributed by atoms with E-state index in [1.165, 1.54) is 22.5 Å². The van der Waals surface area contributed by atoms with Crippen LogP contribution >= 0.6 is 11.6 Å². The smallest absolute Gasteiger partial charge is 0.257 e. The average molecular weight is 451 g/mol. The van der Waals surface area contributed by atoms with Crippen LogP contribution in [0.1, 0.15) is 27.0 Å². The lowest BCUT2D eigenvalue weighted by Crippen LogP contribution is -2.36. The molecule has 4 rings (SSSR count). The molecule has 1 heterocycles. The molecule has 0 saturated heterocycles. The number of hydrogen-bond acceptors (Lipinski definition) is 3. The number of sulfonamides is 1. The molecule has 0 unspecified atom stereocenters. The molecule has 3 aromatic carbocycles. The number of benzene rings is 3. The highest BCUT2D eigenvalue weighted by Gasteiger charge is 2.29. The van der Waals surface area contributed by atoms with Crippen LogP contribution in [0.5, 0.6) is 0 Å². The predicted octanol–water partition coefficient (Wildman–Crippen LogP) is 4.32. The number of rotatable bonds is 4. The maximum Gasteiger partial charge on any atom is 0.257 e. The Morgan fingerprint density at radius 1 is 1.03 bits per heavy atom. The van der Waals surface area contributed by atoms with Crippen molar-refractivity contribution in [3.63, 3.8) is 0 Å². The van der Waals surface area contributed by atoms with Crippen molar-refractivity contribution < 1.29 is 13.2 Å². The van der Waals surface area contributed by atoms with Crippen molar-refractivity contribution in [3.8, 4) is 12.3 Å². The van der Waals surface area contributed by atoms with Crippen molar-refractivity contribution in [1.29, 1.82) is 0 Å². The average Bonchev–Trinajstić information content (AvgIpc) is 2.79. The third-order valence-corrected chi connectivity index (χ3v) is 7.37. The summed E-state index contributed by atoms with van der Waals surface area (Å²) in [5.41, 5.74) is 3.33. The van der Waals surface area contributed by atoms with Crippen LogP contribution in [0.15, 0.2) is 71.6 Å². The number of nitrogens with zero attached hydrogens (tertiary/aromatic N) is 1. The molecule has 1 N–H and O–H groups in total. The van der Waals surface area contributed by atoms with Gasteiger partial charge in [-0.25, -0.2) is 8.42 Å². The minimum atomic E-state index is -3.79. The van der Waals surface area contributed by atoms with Gasteiger partial charge in [0.15, 0.2) is 0 Å². The molecular weight excluding hydrogens is 432 g/mol. The quantitative estimate of drug-likeness (QED) is 0.602. The Kier molecular flexibility index (Phi) is 5.84. The lowest BCUT2D eigenvalue weighted by atomic mass is 10.0. The Morgan fingerprint density at radius 3 is 2.58 bits per heavy atom. The number of carbonyl (C=O) groups is 1. The lowest BCUT2D eigenvalue weighted by Gasteiger charge is -2.28. The SMILES string of the molecule is C#Cc1cccc(NC(=O)c2cc(S(=O)(=O)N3CCc4ccccc4C3)ccc2Cl)c1. The van der Waals surface area contributed by atoms with E-state index in [4.69, 9.17) is 18.0 Å². The molecule has 1 aliphatic rings. The van der Waals surface area contributed by atoms with E-state index < -0.39 is 15.9 Å². The first-order valence-corrected chi connectivity index (χ1v) is 11.4. The molecule has 0 radical (unpaired) electrons. The summed E-state index contributed by atoms with van der Waals surface area (Å²) in [5.74, 6) is 1.99. The molecule has 0 fully saturated rings. The van der Waals surface area contributed by atoms with Crippen molar-refractivity contribution >= 4 is 33.2 Å². The van der Waals surface area contributed by atoms with Crippen LogP contribution in [-0.2, 0) is 23.0 Å². The fraction of sp³-hybridized carbons (Fsp3) is 0.125. The second-order valence-corrected chi connectivity index (χ2v) is 9.52. The van der Waals surface area contributed by atoms with Gasteiger partial charge in [-0.05, 0) is 53.9 Å². The van der Waals surface area contributed by atoms with E-state index in [2.05, 4.69) is 11.2 Å². The molecule has 1 amide bonds. The monoisotopic (exact) mass is 450 g/mol. The van der Waals surface area contributed by atoms with Crippen LogP contribution in [0.25, 0.3) is 0 Å². The molecule has 0 aliphatic carbocycles. The van der Waals surface area contributed by atoms with Crippen molar-refractivity contribution in [2.75, 3.05) is 11.9 Å². The summed E-state index contributed by atoms with van der Waals surface area (Å²) in [4.78, 5) is 12.8. The molecule has 3 aromatic rings. The predicted molar refractivity (Wildman–Crippen MR) is 122 cm³/mol. The number of fused-ring (bicyclic) bond motifs is 1. The van der Waals surface area contributed by atoms with Gasteiger partial charge in [0.1, 0.15) is 0 Å². The first-order chi connectivity index (χ1) is 14.9. The van der Waals surface area contributed by atoms with Crippen molar-refractivity contribution in [1.82, 2.24) is 4.31 Å².